The number of benzene rings is 1. The molecule has 0 saturated carbocycles. The molecule has 0 amide bonds. The van der Waals surface area contributed by atoms with Gasteiger partial charge in [-0.2, -0.15) is 5.10 Å². The largest absolute Gasteiger partial charge is 0.479 e. The van der Waals surface area contributed by atoms with Gasteiger partial charge in [-0.05, 0) is 11.6 Å². The van der Waals surface area contributed by atoms with E-state index in [9.17, 15) is 0 Å². The third-order valence-electron chi connectivity index (χ3n) is 2.83. The summed E-state index contributed by atoms with van der Waals surface area (Å²) >= 11 is 0. The van der Waals surface area contributed by atoms with Crippen LogP contribution in [0.5, 0.6) is 5.88 Å². The molecule has 2 aromatic heterocycles. The van der Waals surface area contributed by atoms with E-state index in [1.165, 1.54) is 0 Å². The highest BCUT2D eigenvalue weighted by atomic mass is 16.5. The molecule has 5 nitrogen and oxygen atoms in total. The fourth-order valence-electron chi connectivity index (χ4n) is 1.90. The number of hydrogen-bond acceptors (Lipinski definition) is 4. The second kappa shape index (κ2) is 4.89. The monoisotopic (exact) mass is 252 g/mol. The molecule has 0 saturated heterocycles. The van der Waals surface area contributed by atoms with Gasteiger partial charge in [-0.15, -0.1) is 0 Å². The third-order valence-corrected chi connectivity index (χ3v) is 2.83. The second-order valence-electron chi connectivity index (χ2n) is 3.96. The molecule has 19 heavy (non-hydrogen) atoms. The Labute approximate surface area is 110 Å². The molecule has 2 heterocycles. The molecule has 0 unspecified atom stereocenters. The molecule has 0 bridgehead atoms. The highest BCUT2D eigenvalue weighted by Gasteiger charge is 2.08. The zero-order valence-corrected chi connectivity index (χ0v) is 10.4. The minimum absolute atomic E-state index is 0.525. The number of rotatable bonds is 3. The first-order valence-electron chi connectivity index (χ1n) is 5.83. The van der Waals surface area contributed by atoms with Crippen LogP contribution in [0.4, 0.5) is 0 Å². The molecule has 3 aromatic rings. The maximum atomic E-state index is 5.21. The van der Waals surface area contributed by atoms with Crippen LogP contribution in [0.15, 0.2) is 48.9 Å². The van der Waals surface area contributed by atoms with Crippen LogP contribution in [0.3, 0.4) is 0 Å². The summed E-state index contributed by atoms with van der Waals surface area (Å²) in [6, 6.07) is 9.93. The number of nitrogens with one attached hydrogen (secondary N) is 1. The van der Waals surface area contributed by atoms with Gasteiger partial charge < -0.3 is 4.74 Å². The third kappa shape index (κ3) is 2.18. The summed E-state index contributed by atoms with van der Waals surface area (Å²) in [5.41, 5.74) is 3.76. The first-order valence-corrected chi connectivity index (χ1v) is 5.83. The van der Waals surface area contributed by atoms with Crippen LogP contribution in [0.25, 0.3) is 22.5 Å². The fraction of sp³-hybridized carbons (Fsp3) is 0.0714. The van der Waals surface area contributed by atoms with Crippen molar-refractivity contribution in [2.45, 2.75) is 0 Å². The van der Waals surface area contributed by atoms with Crippen LogP contribution >= 0.6 is 0 Å². The lowest BCUT2D eigenvalue weighted by molar-refractivity contribution is 0.398. The standard InChI is InChI=1S/C14H12N4O/c1-19-14-13(15-8-9-16-14)11-4-2-10(3-5-11)12-6-7-17-18-12/h2-9H,1H3,(H,17,18). The Morgan fingerprint density at radius 3 is 2.32 bits per heavy atom. The van der Waals surface area contributed by atoms with Gasteiger partial charge in [0.2, 0.25) is 5.88 Å². The van der Waals surface area contributed by atoms with E-state index in [-0.39, 0.29) is 0 Å². The normalized spacial score (nSPS) is 10.4. The van der Waals surface area contributed by atoms with E-state index in [1.807, 2.05) is 30.3 Å². The second-order valence-corrected chi connectivity index (χ2v) is 3.96. The summed E-state index contributed by atoms with van der Waals surface area (Å²) in [5, 5.41) is 6.87. The molecule has 0 fully saturated rings. The highest BCUT2D eigenvalue weighted by molar-refractivity contribution is 5.68. The molecular formula is C14H12N4O. The molecule has 0 aliphatic carbocycles. The number of nitrogens with zero attached hydrogens (tertiary/aromatic N) is 3. The summed E-state index contributed by atoms with van der Waals surface area (Å²) in [6.45, 7) is 0. The molecule has 94 valence electrons. The lowest BCUT2D eigenvalue weighted by atomic mass is 10.1. The molecule has 0 aliphatic rings. The van der Waals surface area contributed by atoms with Crippen LogP contribution in [0, 0.1) is 0 Å². The summed E-state index contributed by atoms with van der Waals surface area (Å²) < 4.78 is 5.21. The Morgan fingerprint density at radius 2 is 1.63 bits per heavy atom. The molecule has 0 aliphatic heterocycles. The van der Waals surface area contributed by atoms with Crippen molar-refractivity contribution in [3.05, 3.63) is 48.9 Å². The minimum Gasteiger partial charge on any atom is -0.479 e. The number of methoxy groups -OCH3 is 1. The van der Waals surface area contributed by atoms with Crippen molar-refractivity contribution in [2.24, 2.45) is 0 Å². The Morgan fingerprint density at radius 1 is 0.895 bits per heavy atom. The maximum Gasteiger partial charge on any atom is 0.240 e. The summed E-state index contributed by atoms with van der Waals surface area (Å²) in [4.78, 5) is 8.45. The van der Waals surface area contributed by atoms with Gasteiger partial charge in [0.1, 0.15) is 5.69 Å². The van der Waals surface area contributed by atoms with E-state index >= 15 is 0 Å². The predicted octanol–water partition coefficient (Wildman–Crippen LogP) is 2.54. The van der Waals surface area contributed by atoms with Crippen molar-refractivity contribution in [3.8, 4) is 28.4 Å². The van der Waals surface area contributed by atoms with E-state index in [0.29, 0.717) is 5.88 Å². The van der Waals surface area contributed by atoms with Crippen molar-refractivity contribution in [3.63, 3.8) is 0 Å². The fourth-order valence-corrected chi connectivity index (χ4v) is 1.90. The van der Waals surface area contributed by atoms with Crippen molar-refractivity contribution in [1.29, 1.82) is 0 Å². The molecule has 0 radical (unpaired) electrons. The van der Waals surface area contributed by atoms with Crippen molar-refractivity contribution in [1.82, 2.24) is 20.2 Å². The average molecular weight is 252 g/mol. The van der Waals surface area contributed by atoms with Gasteiger partial charge in [0, 0.05) is 24.2 Å². The van der Waals surface area contributed by atoms with Gasteiger partial charge in [0.05, 0.1) is 12.8 Å². The van der Waals surface area contributed by atoms with Gasteiger partial charge in [-0.25, -0.2) is 9.97 Å². The Hall–Kier alpha value is -2.69. The molecule has 3 rings (SSSR count). The lowest BCUT2D eigenvalue weighted by Crippen LogP contribution is -1.93. The van der Waals surface area contributed by atoms with Gasteiger partial charge >= 0.3 is 0 Å². The minimum atomic E-state index is 0.525. The molecule has 0 atom stereocenters. The number of H-pyrrole nitrogens is 1. The number of aromatic nitrogens is 4. The van der Waals surface area contributed by atoms with Gasteiger partial charge in [-0.1, -0.05) is 24.3 Å². The van der Waals surface area contributed by atoms with E-state index in [1.54, 1.807) is 25.7 Å². The number of aromatic amines is 1. The smallest absolute Gasteiger partial charge is 0.240 e. The van der Waals surface area contributed by atoms with E-state index < -0.39 is 0 Å². The van der Waals surface area contributed by atoms with Crippen LogP contribution in [-0.2, 0) is 0 Å². The first kappa shape index (κ1) is 11.4. The van der Waals surface area contributed by atoms with Crippen molar-refractivity contribution >= 4 is 0 Å². The summed E-state index contributed by atoms with van der Waals surface area (Å²) in [5.74, 6) is 0.525. The van der Waals surface area contributed by atoms with Crippen LogP contribution in [0.2, 0.25) is 0 Å². The maximum absolute atomic E-state index is 5.21. The zero-order chi connectivity index (χ0) is 13.1. The zero-order valence-electron chi connectivity index (χ0n) is 10.4. The predicted molar refractivity (Wildman–Crippen MR) is 71.6 cm³/mol. The summed E-state index contributed by atoms with van der Waals surface area (Å²) in [7, 11) is 1.59. The quantitative estimate of drug-likeness (QED) is 0.778. The van der Waals surface area contributed by atoms with Gasteiger partial charge in [0.15, 0.2) is 0 Å². The van der Waals surface area contributed by atoms with E-state index in [2.05, 4.69) is 20.2 Å². The molecular weight excluding hydrogens is 240 g/mol. The average Bonchev–Trinajstić information content (AvgIpc) is 3.02. The first-order chi connectivity index (χ1) is 9.38. The Bertz CT molecular complexity index is 662. The molecule has 0 spiro atoms. The van der Waals surface area contributed by atoms with Gasteiger partial charge in [-0.3, -0.25) is 5.10 Å². The van der Waals surface area contributed by atoms with Crippen molar-refractivity contribution in [2.75, 3.05) is 7.11 Å². The summed E-state index contributed by atoms with van der Waals surface area (Å²) in [6.07, 6.45) is 5.00. The highest BCUT2D eigenvalue weighted by Crippen LogP contribution is 2.27. The van der Waals surface area contributed by atoms with Crippen LogP contribution < -0.4 is 4.74 Å². The van der Waals surface area contributed by atoms with Crippen molar-refractivity contribution < 1.29 is 4.74 Å². The molecule has 5 heteroatoms. The Kier molecular flexibility index (Phi) is 2.94. The Balaban J connectivity index is 1.99. The molecule has 1 aromatic carbocycles. The van der Waals surface area contributed by atoms with Crippen LogP contribution in [0.1, 0.15) is 0 Å². The number of ether oxygens (including phenoxy) is 1. The topological polar surface area (TPSA) is 63.7 Å². The van der Waals surface area contributed by atoms with Gasteiger partial charge in [0.25, 0.3) is 0 Å². The number of hydrogen-bond donors (Lipinski definition) is 1. The molecule has 1 N–H and O–H groups in total. The van der Waals surface area contributed by atoms with E-state index in [4.69, 9.17) is 4.74 Å². The SMILES string of the molecule is COc1nccnc1-c1ccc(-c2ccn[nH]2)cc1. The lowest BCUT2D eigenvalue weighted by Gasteiger charge is -2.06. The van der Waals surface area contributed by atoms with Crippen LogP contribution in [-0.4, -0.2) is 27.3 Å². The van der Waals surface area contributed by atoms with E-state index in [0.717, 1.165) is 22.5 Å².